The van der Waals surface area contributed by atoms with Crippen LogP contribution in [0.2, 0.25) is 6.55 Å². The van der Waals surface area contributed by atoms with Gasteiger partial charge in [0.15, 0.2) is 13.9 Å². The van der Waals surface area contributed by atoms with E-state index in [9.17, 15) is 4.79 Å². The lowest BCUT2D eigenvalue weighted by molar-refractivity contribution is -0.110. The summed E-state index contributed by atoms with van der Waals surface area (Å²) in [6, 6.07) is 17.0. The molecule has 0 amide bonds. The Morgan fingerprint density at radius 2 is 1.76 bits per heavy atom. The van der Waals surface area contributed by atoms with E-state index in [1.165, 1.54) is 10.4 Å². The Morgan fingerprint density at radius 3 is 2.48 bits per heavy atom. The van der Waals surface area contributed by atoms with Crippen molar-refractivity contribution < 1.29 is 4.79 Å². The van der Waals surface area contributed by atoms with Crippen LogP contribution in [-0.2, 0) is 4.79 Å². The Balaban J connectivity index is 2.05. The molecular weight excluding hydrogens is 324 g/mol. The number of ketones is 1. The fourth-order valence-electron chi connectivity index (χ4n) is 3.67. The molecule has 0 aromatic heterocycles. The van der Waals surface area contributed by atoms with Crippen molar-refractivity contribution in [1.82, 2.24) is 0 Å². The third-order valence-electron chi connectivity index (χ3n) is 5.13. The number of carbonyl (C=O) groups is 1. The van der Waals surface area contributed by atoms with E-state index in [0.717, 1.165) is 22.3 Å². The van der Waals surface area contributed by atoms with Crippen LogP contribution in [0.15, 0.2) is 76.9 Å². The first-order valence-electron chi connectivity index (χ1n) is 8.41. The van der Waals surface area contributed by atoms with Gasteiger partial charge in [-0.05, 0) is 52.0 Å². The fraction of sp³-hybridized carbons (Fsp3) is 0.143. The van der Waals surface area contributed by atoms with Crippen molar-refractivity contribution in [2.45, 2.75) is 6.55 Å². The fourth-order valence-corrected chi connectivity index (χ4v) is 7.61. The third kappa shape index (κ3) is 2.41. The number of allylic oxidation sites excluding steroid dienone is 4. The highest BCUT2D eigenvalue weighted by atomic mass is 28.3. The van der Waals surface area contributed by atoms with Gasteiger partial charge in [0.25, 0.3) is 0 Å². The third-order valence-corrected chi connectivity index (χ3v) is 9.58. The average molecular weight is 344 g/mol. The second-order valence-corrected chi connectivity index (χ2v) is 10.8. The number of hydrogen-bond acceptors (Lipinski definition) is 3. The predicted molar refractivity (Wildman–Crippen MR) is 107 cm³/mol. The molecule has 1 aliphatic heterocycles. The van der Waals surface area contributed by atoms with E-state index in [0.29, 0.717) is 0 Å². The number of carbonyl (C=O) groups excluding carboxylic acids is 1. The molecule has 1 unspecified atom stereocenters. The summed E-state index contributed by atoms with van der Waals surface area (Å²) in [5, 5.41) is 3.67. The smallest absolute Gasteiger partial charge is 0.178 e. The average Bonchev–Trinajstić information content (AvgIpc) is 2.63. The normalized spacial score (nSPS) is 21.2. The molecule has 4 rings (SSSR count). The molecule has 0 fully saturated rings. The van der Waals surface area contributed by atoms with Crippen LogP contribution in [0.4, 0.5) is 11.4 Å². The van der Waals surface area contributed by atoms with E-state index in [1.807, 2.05) is 26.2 Å². The van der Waals surface area contributed by atoms with Gasteiger partial charge in [-0.15, -0.1) is 0 Å². The van der Waals surface area contributed by atoms with Gasteiger partial charge in [-0.3, -0.25) is 4.79 Å². The van der Waals surface area contributed by atoms with Crippen molar-refractivity contribution in [3.8, 4) is 0 Å². The predicted octanol–water partition coefficient (Wildman–Crippen LogP) is 2.64. The van der Waals surface area contributed by atoms with Crippen molar-refractivity contribution in [3.05, 3.63) is 72.0 Å². The molecule has 2 aliphatic rings. The maximum Gasteiger partial charge on any atom is 0.178 e. The Labute approximate surface area is 149 Å². The molecule has 25 heavy (non-hydrogen) atoms. The Morgan fingerprint density at radius 1 is 1.00 bits per heavy atom. The Hall–Kier alpha value is -2.72. The molecule has 0 N–H and O–H groups in total. The molecule has 4 heteroatoms. The maximum absolute atomic E-state index is 12.1. The van der Waals surface area contributed by atoms with E-state index in [4.69, 9.17) is 4.99 Å². The van der Waals surface area contributed by atoms with Crippen molar-refractivity contribution in [2.24, 2.45) is 4.99 Å². The standard InChI is InChI=1S/C21H20N2OSi/c1-23(2)15-9-11-18-20(13-15)25(3,17-7-5-4-6-8-17)21-14-16(24)10-12-19(21)22-18/h4-14H,1-3H3. The molecule has 0 saturated heterocycles. The molecular formula is C21H20N2OSi. The van der Waals surface area contributed by atoms with Crippen LogP contribution in [0, 0.1) is 0 Å². The van der Waals surface area contributed by atoms with Gasteiger partial charge in [-0.1, -0.05) is 36.9 Å². The Bertz CT molecular complexity index is 957. The topological polar surface area (TPSA) is 32.7 Å². The molecule has 3 nitrogen and oxygen atoms in total. The second-order valence-electron chi connectivity index (χ2n) is 6.88. The highest BCUT2D eigenvalue weighted by Gasteiger charge is 2.43. The molecule has 0 bridgehead atoms. The number of fused-ring (bicyclic) bond motifs is 2. The highest BCUT2D eigenvalue weighted by Crippen LogP contribution is 2.32. The van der Waals surface area contributed by atoms with Gasteiger partial charge in [0.05, 0.1) is 11.4 Å². The van der Waals surface area contributed by atoms with Gasteiger partial charge >= 0.3 is 0 Å². The van der Waals surface area contributed by atoms with Gasteiger partial charge in [0.2, 0.25) is 0 Å². The Kier molecular flexibility index (Phi) is 3.58. The van der Waals surface area contributed by atoms with Gasteiger partial charge in [-0.25, -0.2) is 4.99 Å². The SMILES string of the molecule is CN(C)c1ccc2c(c1)[Si](C)(c1ccccc1)C1=CC(=O)C=CC1=N2. The van der Waals surface area contributed by atoms with Crippen molar-refractivity contribution in [2.75, 3.05) is 19.0 Å². The zero-order chi connectivity index (χ0) is 17.6. The summed E-state index contributed by atoms with van der Waals surface area (Å²) in [6.45, 7) is 2.33. The minimum absolute atomic E-state index is 0.0517. The van der Waals surface area contributed by atoms with Crippen molar-refractivity contribution in [3.63, 3.8) is 0 Å². The molecule has 1 heterocycles. The molecule has 1 aliphatic carbocycles. The van der Waals surface area contributed by atoms with E-state index in [1.54, 1.807) is 12.2 Å². The van der Waals surface area contributed by atoms with Gasteiger partial charge in [0.1, 0.15) is 0 Å². The second kappa shape index (κ2) is 5.67. The number of rotatable bonds is 2. The van der Waals surface area contributed by atoms with Crippen molar-refractivity contribution >= 4 is 41.3 Å². The van der Waals surface area contributed by atoms with E-state index in [2.05, 4.69) is 53.9 Å². The van der Waals surface area contributed by atoms with Crippen LogP contribution in [0.5, 0.6) is 0 Å². The van der Waals surface area contributed by atoms with E-state index >= 15 is 0 Å². The lowest BCUT2D eigenvalue weighted by Crippen LogP contribution is -2.61. The van der Waals surface area contributed by atoms with Crippen LogP contribution < -0.4 is 15.3 Å². The largest absolute Gasteiger partial charge is 0.378 e. The summed E-state index contributed by atoms with van der Waals surface area (Å²) in [4.78, 5) is 19.1. The molecule has 124 valence electrons. The van der Waals surface area contributed by atoms with Gasteiger partial charge in [0, 0.05) is 19.8 Å². The zero-order valence-corrected chi connectivity index (χ0v) is 15.7. The number of aliphatic imine (C=N–C) groups is 1. The lowest BCUT2D eigenvalue weighted by Gasteiger charge is -2.37. The summed E-state index contributed by atoms with van der Waals surface area (Å²) in [5.41, 5.74) is 3.11. The number of hydrogen-bond donors (Lipinski definition) is 0. The summed E-state index contributed by atoms with van der Waals surface area (Å²) in [5.74, 6) is 0.0517. The zero-order valence-electron chi connectivity index (χ0n) is 14.7. The number of anilines is 1. The first kappa shape index (κ1) is 15.8. The molecule has 0 spiro atoms. The summed E-state index contributed by atoms with van der Waals surface area (Å²) in [7, 11) is 1.81. The number of nitrogens with zero attached hydrogens (tertiary/aromatic N) is 2. The molecule has 2 aromatic rings. The molecule has 0 saturated carbocycles. The quantitative estimate of drug-likeness (QED) is 0.620. The maximum atomic E-state index is 12.1. The monoisotopic (exact) mass is 344 g/mol. The molecule has 0 radical (unpaired) electrons. The van der Waals surface area contributed by atoms with Crippen LogP contribution in [0.25, 0.3) is 0 Å². The first-order valence-corrected chi connectivity index (χ1v) is 10.9. The summed E-state index contributed by atoms with van der Waals surface area (Å²) in [6.07, 6.45) is 5.28. The van der Waals surface area contributed by atoms with Crippen LogP contribution >= 0.6 is 0 Å². The van der Waals surface area contributed by atoms with Crippen molar-refractivity contribution in [1.29, 1.82) is 0 Å². The van der Waals surface area contributed by atoms with E-state index in [-0.39, 0.29) is 5.78 Å². The summed E-state index contributed by atoms with van der Waals surface area (Å²) < 4.78 is 0. The van der Waals surface area contributed by atoms with E-state index < -0.39 is 8.07 Å². The van der Waals surface area contributed by atoms with Crippen LogP contribution in [0.1, 0.15) is 0 Å². The minimum Gasteiger partial charge on any atom is -0.378 e. The highest BCUT2D eigenvalue weighted by molar-refractivity contribution is 7.10. The molecule has 2 aromatic carbocycles. The van der Waals surface area contributed by atoms with Gasteiger partial charge < -0.3 is 4.90 Å². The van der Waals surface area contributed by atoms with Gasteiger partial charge in [-0.2, -0.15) is 0 Å². The number of benzene rings is 2. The lowest BCUT2D eigenvalue weighted by atomic mass is 10.1. The van der Waals surface area contributed by atoms with Crippen LogP contribution in [-0.4, -0.2) is 33.7 Å². The molecule has 1 atom stereocenters. The minimum atomic E-state index is -2.28. The first-order chi connectivity index (χ1) is 12.0. The summed E-state index contributed by atoms with van der Waals surface area (Å²) >= 11 is 0. The van der Waals surface area contributed by atoms with Crippen LogP contribution in [0.3, 0.4) is 0 Å².